The van der Waals surface area contributed by atoms with Gasteiger partial charge in [0.1, 0.15) is 5.82 Å². The van der Waals surface area contributed by atoms with E-state index >= 15 is 0 Å². The highest BCUT2D eigenvalue weighted by molar-refractivity contribution is 7.89. The molecule has 1 N–H and O–H groups in total. The van der Waals surface area contributed by atoms with Crippen molar-refractivity contribution in [2.45, 2.75) is 17.9 Å². The Morgan fingerprint density at radius 3 is 2.24 bits per heavy atom. The Morgan fingerprint density at radius 1 is 0.763 bits per heavy atom. The Labute approximate surface area is 222 Å². The number of nitrogens with zero attached hydrogens (tertiary/aromatic N) is 4. The van der Waals surface area contributed by atoms with Gasteiger partial charge in [0.15, 0.2) is 0 Å². The normalized spacial score (nSPS) is 15.6. The van der Waals surface area contributed by atoms with Crippen molar-refractivity contribution in [3.63, 3.8) is 0 Å². The third-order valence-electron chi connectivity index (χ3n) is 7.12. The molecule has 0 amide bonds. The lowest BCUT2D eigenvalue weighted by Gasteiger charge is -2.34. The smallest absolute Gasteiger partial charge is 0.243 e. The molecule has 4 aromatic carbocycles. The molecule has 6 rings (SSSR count). The minimum Gasteiger partial charge on any atom is -0.363 e. The van der Waals surface area contributed by atoms with Gasteiger partial charge < -0.3 is 10.2 Å². The van der Waals surface area contributed by atoms with Gasteiger partial charge >= 0.3 is 0 Å². The van der Waals surface area contributed by atoms with Crippen LogP contribution in [-0.2, 0) is 10.0 Å². The maximum atomic E-state index is 13.4. The minimum absolute atomic E-state index is 0.0614. The lowest BCUT2D eigenvalue weighted by molar-refractivity contribution is 0.383. The van der Waals surface area contributed by atoms with E-state index in [1.54, 1.807) is 16.4 Å². The molecular formula is C30H29N5O2S. The molecule has 1 aromatic heterocycles. The fraction of sp³-hybridized carbons (Fsp3) is 0.200. The summed E-state index contributed by atoms with van der Waals surface area (Å²) in [5.41, 5.74) is 2.02. The molecule has 1 aliphatic heterocycles. The van der Waals surface area contributed by atoms with Gasteiger partial charge in [0.05, 0.1) is 10.4 Å². The number of anilines is 2. The number of para-hydroxylation sites is 1. The number of aromatic nitrogens is 2. The predicted octanol–water partition coefficient (Wildman–Crippen LogP) is 5.47. The molecule has 1 saturated heterocycles. The molecule has 2 heterocycles. The molecule has 0 unspecified atom stereocenters. The number of fused-ring (bicyclic) bond motifs is 2. The topological polar surface area (TPSA) is 78.4 Å². The lowest BCUT2D eigenvalue weighted by Crippen LogP contribution is -2.49. The Kier molecular flexibility index (Phi) is 6.43. The van der Waals surface area contributed by atoms with Crippen LogP contribution in [0, 0.1) is 0 Å². The van der Waals surface area contributed by atoms with Gasteiger partial charge in [-0.3, -0.25) is 0 Å². The molecule has 38 heavy (non-hydrogen) atoms. The third-order valence-corrected chi connectivity index (χ3v) is 9.02. The Bertz CT molecular complexity index is 1700. The standard InChI is InChI=1S/C30H29N5O2S/c1-22(23-9-3-2-4-10-23)31-29-27-13-7-8-14-28(27)32-30(33-29)34-17-19-35(20-18-34)38(36,37)26-16-15-24-11-5-6-12-25(24)21-26/h2-16,21-22H,17-20H2,1H3,(H,31,32,33)/t22-/m0/s1. The largest absolute Gasteiger partial charge is 0.363 e. The van der Waals surface area contributed by atoms with Crippen molar-refractivity contribution < 1.29 is 8.42 Å². The third kappa shape index (κ3) is 4.68. The molecular weight excluding hydrogens is 494 g/mol. The second-order valence-electron chi connectivity index (χ2n) is 9.57. The fourth-order valence-corrected chi connectivity index (χ4v) is 6.41. The summed E-state index contributed by atoms with van der Waals surface area (Å²) in [5.74, 6) is 1.38. The van der Waals surface area contributed by atoms with Crippen molar-refractivity contribution in [2.75, 3.05) is 36.4 Å². The number of benzene rings is 4. The van der Waals surface area contributed by atoms with Crippen molar-refractivity contribution in [3.8, 4) is 0 Å². The Balaban J connectivity index is 1.23. The van der Waals surface area contributed by atoms with Crippen molar-refractivity contribution >= 4 is 43.5 Å². The van der Waals surface area contributed by atoms with Crippen LogP contribution in [0.1, 0.15) is 18.5 Å². The zero-order valence-corrected chi connectivity index (χ0v) is 22.0. The highest BCUT2D eigenvalue weighted by Gasteiger charge is 2.30. The summed E-state index contributed by atoms with van der Waals surface area (Å²) in [6, 6.07) is 31.4. The number of nitrogens with one attached hydrogen (secondary N) is 1. The Hall–Kier alpha value is -4.01. The molecule has 0 radical (unpaired) electrons. The highest BCUT2D eigenvalue weighted by atomic mass is 32.2. The summed E-state index contributed by atoms with van der Waals surface area (Å²) in [6.07, 6.45) is 0. The quantitative estimate of drug-likeness (QED) is 0.318. The van der Waals surface area contributed by atoms with E-state index in [2.05, 4.69) is 29.3 Å². The van der Waals surface area contributed by atoms with Crippen LogP contribution in [-0.4, -0.2) is 48.9 Å². The van der Waals surface area contributed by atoms with Gasteiger partial charge in [0.25, 0.3) is 0 Å². The predicted molar refractivity (Wildman–Crippen MR) is 153 cm³/mol. The number of hydrogen-bond donors (Lipinski definition) is 1. The van der Waals surface area contributed by atoms with E-state index in [0.717, 1.165) is 27.5 Å². The van der Waals surface area contributed by atoms with Crippen LogP contribution in [0.15, 0.2) is 102 Å². The van der Waals surface area contributed by atoms with Crippen LogP contribution in [0.3, 0.4) is 0 Å². The molecule has 5 aromatic rings. The van der Waals surface area contributed by atoms with Gasteiger partial charge in [0, 0.05) is 37.6 Å². The summed E-state index contributed by atoms with van der Waals surface area (Å²) in [6.45, 7) is 3.88. The maximum Gasteiger partial charge on any atom is 0.243 e. The van der Waals surface area contributed by atoms with Crippen LogP contribution in [0.4, 0.5) is 11.8 Å². The molecule has 0 bridgehead atoms. The Morgan fingerprint density at radius 2 is 1.45 bits per heavy atom. The van der Waals surface area contributed by atoms with Gasteiger partial charge in [-0.05, 0) is 47.5 Å². The van der Waals surface area contributed by atoms with E-state index in [0.29, 0.717) is 37.0 Å². The van der Waals surface area contributed by atoms with E-state index in [9.17, 15) is 8.42 Å². The van der Waals surface area contributed by atoms with Crippen LogP contribution in [0.5, 0.6) is 0 Å². The summed E-state index contributed by atoms with van der Waals surface area (Å²) < 4.78 is 28.4. The first-order valence-corrected chi connectivity index (χ1v) is 14.3. The van der Waals surface area contributed by atoms with E-state index in [4.69, 9.17) is 9.97 Å². The van der Waals surface area contributed by atoms with Crippen LogP contribution in [0.2, 0.25) is 0 Å². The first kappa shape index (κ1) is 24.3. The van der Waals surface area contributed by atoms with Gasteiger partial charge in [-0.15, -0.1) is 0 Å². The minimum atomic E-state index is -3.59. The average molecular weight is 524 g/mol. The highest BCUT2D eigenvalue weighted by Crippen LogP contribution is 2.28. The van der Waals surface area contributed by atoms with Crippen LogP contribution < -0.4 is 10.2 Å². The maximum absolute atomic E-state index is 13.4. The number of sulfonamides is 1. The van der Waals surface area contributed by atoms with E-state index < -0.39 is 10.0 Å². The lowest BCUT2D eigenvalue weighted by atomic mass is 10.1. The molecule has 0 saturated carbocycles. The summed E-state index contributed by atoms with van der Waals surface area (Å²) in [5, 5.41) is 6.46. The van der Waals surface area contributed by atoms with E-state index in [-0.39, 0.29) is 6.04 Å². The first-order valence-electron chi connectivity index (χ1n) is 12.8. The second-order valence-corrected chi connectivity index (χ2v) is 11.5. The number of piperazine rings is 1. The van der Waals surface area contributed by atoms with Crippen molar-refractivity contribution in [1.82, 2.24) is 14.3 Å². The molecule has 1 fully saturated rings. The first-order chi connectivity index (χ1) is 18.5. The average Bonchev–Trinajstić information content (AvgIpc) is 2.97. The second kappa shape index (κ2) is 10.0. The zero-order valence-electron chi connectivity index (χ0n) is 21.2. The molecule has 0 spiro atoms. The van der Waals surface area contributed by atoms with Gasteiger partial charge in [0.2, 0.25) is 16.0 Å². The van der Waals surface area contributed by atoms with Gasteiger partial charge in [-0.25, -0.2) is 13.4 Å². The number of rotatable bonds is 6. The van der Waals surface area contributed by atoms with Crippen molar-refractivity contribution in [2.24, 2.45) is 0 Å². The van der Waals surface area contributed by atoms with E-state index in [1.165, 1.54) is 5.56 Å². The molecule has 1 atom stereocenters. The SMILES string of the molecule is C[C@H](Nc1nc(N2CCN(S(=O)(=O)c3ccc4ccccc4c3)CC2)nc2ccccc12)c1ccccc1. The molecule has 8 heteroatoms. The van der Waals surface area contributed by atoms with Gasteiger partial charge in [-0.2, -0.15) is 9.29 Å². The van der Waals surface area contributed by atoms with Crippen LogP contribution >= 0.6 is 0 Å². The zero-order chi connectivity index (χ0) is 26.1. The fourth-order valence-electron chi connectivity index (χ4n) is 4.95. The summed E-state index contributed by atoms with van der Waals surface area (Å²) in [7, 11) is -3.59. The molecule has 1 aliphatic rings. The molecule has 0 aliphatic carbocycles. The van der Waals surface area contributed by atoms with Gasteiger partial charge in [-0.1, -0.05) is 72.8 Å². The summed E-state index contributed by atoms with van der Waals surface area (Å²) >= 11 is 0. The van der Waals surface area contributed by atoms with Crippen molar-refractivity contribution in [1.29, 1.82) is 0 Å². The monoisotopic (exact) mass is 523 g/mol. The van der Waals surface area contributed by atoms with Crippen molar-refractivity contribution in [3.05, 3.63) is 103 Å². The molecule has 7 nitrogen and oxygen atoms in total. The van der Waals surface area contributed by atoms with E-state index in [1.807, 2.05) is 72.8 Å². The molecule has 192 valence electrons. The van der Waals surface area contributed by atoms with Crippen LogP contribution in [0.25, 0.3) is 21.7 Å². The summed E-state index contributed by atoms with van der Waals surface area (Å²) in [4.78, 5) is 12.1. The number of hydrogen-bond acceptors (Lipinski definition) is 6.